The molecule has 1 aromatic heterocycles. The number of terminal acetylenes is 1. The lowest BCUT2D eigenvalue weighted by molar-refractivity contribution is -0.143. The van der Waals surface area contributed by atoms with Gasteiger partial charge in [-0.3, -0.25) is 0 Å². The number of aromatic nitrogens is 1. The van der Waals surface area contributed by atoms with E-state index in [1.807, 2.05) is 0 Å². The molecule has 2 aromatic rings. The maximum atomic E-state index is 12.5. The van der Waals surface area contributed by atoms with Crippen molar-refractivity contribution in [1.29, 1.82) is 0 Å². The van der Waals surface area contributed by atoms with Gasteiger partial charge >= 0.3 is 6.18 Å². The van der Waals surface area contributed by atoms with Gasteiger partial charge in [-0.05, 0) is 46.9 Å². The molecular weight excluding hydrogens is 358 g/mol. The molecular formula is C12H5F3INO. The Morgan fingerprint density at radius 3 is 2.28 bits per heavy atom. The van der Waals surface area contributed by atoms with Crippen LogP contribution in [0.4, 0.5) is 13.2 Å². The van der Waals surface area contributed by atoms with Crippen molar-refractivity contribution in [1.82, 2.24) is 5.16 Å². The molecule has 6 heteroatoms. The minimum atomic E-state index is -4.52. The van der Waals surface area contributed by atoms with Crippen molar-refractivity contribution in [3.8, 4) is 23.7 Å². The van der Waals surface area contributed by atoms with E-state index in [4.69, 9.17) is 10.9 Å². The van der Waals surface area contributed by atoms with Crippen molar-refractivity contribution >= 4 is 22.6 Å². The van der Waals surface area contributed by atoms with E-state index in [-0.39, 0.29) is 9.33 Å². The van der Waals surface area contributed by atoms with Gasteiger partial charge in [0.2, 0.25) is 5.69 Å². The molecule has 92 valence electrons. The number of hydrogen-bond donors (Lipinski definition) is 0. The molecule has 0 aliphatic rings. The van der Waals surface area contributed by atoms with Crippen LogP contribution in [0.15, 0.2) is 28.8 Å². The largest absolute Gasteiger partial charge is 0.437 e. The summed E-state index contributed by atoms with van der Waals surface area (Å²) in [5.74, 6) is 2.51. The van der Waals surface area contributed by atoms with Crippen molar-refractivity contribution < 1.29 is 17.7 Å². The Hall–Kier alpha value is -1.49. The molecule has 1 aromatic carbocycles. The summed E-state index contributed by atoms with van der Waals surface area (Å²) in [6.07, 6.45) is 0.677. The normalized spacial score (nSPS) is 11.3. The van der Waals surface area contributed by atoms with Gasteiger partial charge in [-0.15, -0.1) is 6.42 Å². The van der Waals surface area contributed by atoms with Gasteiger partial charge in [0, 0.05) is 11.1 Å². The molecule has 0 amide bonds. The summed E-state index contributed by atoms with van der Waals surface area (Å²) < 4.78 is 42.3. The molecule has 1 heterocycles. The summed E-state index contributed by atoms with van der Waals surface area (Å²) in [6.45, 7) is 0. The monoisotopic (exact) mass is 363 g/mol. The third kappa shape index (κ3) is 2.36. The lowest BCUT2D eigenvalue weighted by Crippen LogP contribution is -2.07. The van der Waals surface area contributed by atoms with Gasteiger partial charge in [0.1, 0.15) is 0 Å². The van der Waals surface area contributed by atoms with Crippen LogP contribution in [0, 0.1) is 15.9 Å². The van der Waals surface area contributed by atoms with Crippen LogP contribution in [-0.4, -0.2) is 5.16 Å². The Bertz CT molecular complexity index is 608. The van der Waals surface area contributed by atoms with Crippen LogP contribution in [0.5, 0.6) is 0 Å². The van der Waals surface area contributed by atoms with Gasteiger partial charge in [0.05, 0.1) is 3.57 Å². The molecule has 0 unspecified atom stereocenters. The quantitative estimate of drug-likeness (QED) is 0.567. The highest BCUT2D eigenvalue weighted by Gasteiger charge is 2.38. The number of hydrogen-bond acceptors (Lipinski definition) is 2. The predicted molar refractivity (Wildman–Crippen MR) is 67.6 cm³/mol. The zero-order valence-electron chi connectivity index (χ0n) is 8.75. The number of nitrogens with zero attached hydrogens (tertiary/aromatic N) is 1. The van der Waals surface area contributed by atoms with Crippen molar-refractivity contribution in [3.63, 3.8) is 0 Å². The van der Waals surface area contributed by atoms with E-state index in [1.54, 1.807) is 46.9 Å². The molecule has 0 fully saturated rings. The second-order valence-electron chi connectivity index (χ2n) is 3.39. The van der Waals surface area contributed by atoms with Crippen LogP contribution in [0.1, 0.15) is 11.3 Å². The number of rotatable bonds is 1. The molecule has 0 N–H and O–H groups in total. The van der Waals surface area contributed by atoms with Crippen LogP contribution >= 0.6 is 22.6 Å². The highest BCUT2D eigenvalue weighted by molar-refractivity contribution is 14.1. The van der Waals surface area contributed by atoms with Gasteiger partial charge < -0.3 is 4.52 Å². The number of benzene rings is 1. The molecule has 0 spiro atoms. The van der Waals surface area contributed by atoms with Crippen LogP contribution in [-0.2, 0) is 6.18 Å². The second-order valence-corrected chi connectivity index (χ2v) is 4.47. The molecule has 0 radical (unpaired) electrons. The summed E-state index contributed by atoms with van der Waals surface area (Å²) in [5, 5.41) is 3.06. The van der Waals surface area contributed by atoms with Crippen molar-refractivity contribution in [2.24, 2.45) is 0 Å². The fourth-order valence-electron chi connectivity index (χ4n) is 1.35. The number of alkyl halides is 3. The van der Waals surface area contributed by atoms with E-state index in [0.29, 0.717) is 11.1 Å². The van der Waals surface area contributed by atoms with Gasteiger partial charge in [-0.25, -0.2) is 0 Å². The van der Waals surface area contributed by atoms with E-state index in [2.05, 4.69) is 11.1 Å². The van der Waals surface area contributed by atoms with Crippen LogP contribution in [0.2, 0.25) is 0 Å². The highest BCUT2D eigenvalue weighted by Crippen LogP contribution is 2.36. The minimum Gasteiger partial charge on any atom is -0.355 e. The molecule has 0 saturated carbocycles. The Balaban J connectivity index is 2.46. The number of halogens is 4. The van der Waals surface area contributed by atoms with Gasteiger partial charge in [0.25, 0.3) is 0 Å². The fraction of sp³-hybridized carbons (Fsp3) is 0.0833. The summed E-state index contributed by atoms with van der Waals surface area (Å²) >= 11 is 1.57. The van der Waals surface area contributed by atoms with Crippen LogP contribution in [0.25, 0.3) is 11.3 Å². The smallest absolute Gasteiger partial charge is 0.355 e. The van der Waals surface area contributed by atoms with E-state index < -0.39 is 11.9 Å². The lowest BCUT2D eigenvalue weighted by Gasteiger charge is -2.01. The van der Waals surface area contributed by atoms with E-state index in [1.165, 1.54) is 0 Å². The summed E-state index contributed by atoms with van der Waals surface area (Å²) in [5.41, 5.74) is 0.129. The lowest BCUT2D eigenvalue weighted by atomic mass is 10.1. The predicted octanol–water partition coefficient (Wildman–Crippen LogP) is 3.95. The van der Waals surface area contributed by atoms with E-state index in [9.17, 15) is 13.2 Å². The van der Waals surface area contributed by atoms with Crippen molar-refractivity contribution in [2.75, 3.05) is 0 Å². The second kappa shape index (κ2) is 4.65. The molecule has 0 aliphatic carbocycles. The average molecular weight is 363 g/mol. The Morgan fingerprint density at radius 2 is 1.83 bits per heavy atom. The molecule has 0 saturated heterocycles. The molecule has 0 atom stereocenters. The molecule has 18 heavy (non-hydrogen) atoms. The molecule has 0 aliphatic heterocycles. The first-order valence-electron chi connectivity index (χ1n) is 4.73. The van der Waals surface area contributed by atoms with Gasteiger partial charge in [-0.2, -0.15) is 13.2 Å². The standard InChI is InChI=1S/C12H5F3INO/c1-2-7-3-5-8(6-4-7)10-9(16)11(17-18-10)12(13,14)15/h1,3-6H. The van der Waals surface area contributed by atoms with Crippen molar-refractivity contribution in [3.05, 3.63) is 39.1 Å². The molecule has 2 nitrogen and oxygen atoms in total. The third-order valence-corrected chi connectivity index (χ3v) is 3.22. The summed E-state index contributed by atoms with van der Waals surface area (Å²) in [7, 11) is 0. The summed E-state index contributed by atoms with van der Waals surface area (Å²) in [6, 6.07) is 6.44. The SMILES string of the molecule is C#Cc1ccc(-c2onc(C(F)(F)F)c2I)cc1. The minimum absolute atomic E-state index is 0.0615. The first-order chi connectivity index (χ1) is 8.43. The summed E-state index contributed by atoms with van der Waals surface area (Å²) in [4.78, 5) is 0. The maximum absolute atomic E-state index is 12.5. The van der Waals surface area contributed by atoms with E-state index in [0.717, 1.165) is 0 Å². The Morgan fingerprint density at radius 1 is 1.22 bits per heavy atom. The third-order valence-electron chi connectivity index (χ3n) is 2.22. The van der Waals surface area contributed by atoms with Gasteiger partial charge in [-0.1, -0.05) is 11.1 Å². The highest BCUT2D eigenvalue weighted by atomic mass is 127. The topological polar surface area (TPSA) is 26.0 Å². The zero-order valence-corrected chi connectivity index (χ0v) is 10.9. The Labute approximate surface area is 114 Å². The van der Waals surface area contributed by atoms with Gasteiger partial charge in [0.15, 0.2) is 5.76 Å². The first-order valence-corrected chi connectivity index (χ1v) is 5.81. The first kappa shape index (κ1) is 13.0. The maximum Gasteiger partial charge on any atom is 0.437 e. The van der Waals surface area contributed by atoms with Crippen LogP contribution in [0.3, 0.4) is 0 Å². The van der Waals surface area contributed by atoms with E-state index >= 15 is 0 Å². The average Bonchev–Trinajstić information content (AvgIpc) is 2.71. The molecule has 0 bridgehead atoms. The van der Waals surface area contributed by atoms with Crippen molar-refractivity contribution in [2.45, 2.75) is 6.18 Å². The van der Waals surface area contributed by atoms with Crippen LogP contribution < -0.4 is 0 Å². The molecule has 2 rings (SSSR count). The Kier molecular flexibility index (Phi) is 3.34. The fourth-order valence-corrected chi connectivity index (χ4v) is 2.17. The zero-order chi connectivity index (χ0) is 13.3.